The number of hydrogen-bond donors (Lipinski definition) is 1. The number of benzene rings is 1. The fourth-order valence-corrected chi connectivity index (χ4v) is 2.40. The van der Waals surface area contributed by atoms with Crippen LogP contribution < -0.4 is 10.5 Å². The smallest absolute Gasteiger partial charge is 0.134 e. The standard InChI is InChI=1S/C14H14Br2N2O/c15-11-2-3-12(18-8-11)9-19-14-4-1-10(5-6-17)7-13(14)16/h1-4,7-8H,5-6,9,17H2. The third-order valence-corrected chi connectivity index (χ3v) is 3.68. The number of rotatable bonds is 5. The fraction of sp³-hybridized carbons (Fsp3) is 0.214. The highest BCUT2D eigenvalue weighted by atomic mass is 79.9. The van der Waals surface area contributed by atoms with Crippen LogP contribution in [0.4, 0.5) is 0 Å². The summed E-state index contributed by atoms with van der Waals surface area (Å²) in [6.45, 7) is 1.09. The van der Waals surface area contributed by atoms with Gasteiger partial charge in [0.1, 0.15) is 12.4 Å². The molecule has 0 amide bonds. The van der Waals surface area contributed by atoms with Crippen molar-refractivity contribution in [3.8, 4) is 5.75 Å². The zero-order chi connectivity index (χ0) is 13.7. The molecule has 5 heteroatoms. The number of aromatic nitrogens is 1. The first-order chi connectivity index (χ1) is 9.19. The summed E-state index contributed by atoms with van der Waals surface area (Å²) in [7, 11) is 0. The van der Waals surface area contributed by atoms with E-state index in [0.29, 0.717) is 13.2 Å². The number of hydrogen-bond acceptors (Lipinski definition) is 3. The van der Waals surface area contributed by atoms with Crippen LogP contribution in [-0.2, 0) is 13.0 Å². The van der Waals surface area contributed by atoms with Crippen molar-refractivity contribution in [2.75, 3.05) is 6.54 Å². The molecule has 100 valence electrons. The average molecular weight is 386 g/mol. The number of nitrogens with zero attached hydrogens (tertiary/aromatic N) is 1. The molecule has 1 aromatic heterocycles. The maximum Gasteiger partial charge on any atom is 0.134 e. The number of nitrogens with two attached hydrogens (primary N) is 1. The molecule has 2 aromatic rings. The van der Waals surface area contributed by atoms with Crippen molar-refractivity contribution in [1.29, 1.82) is 0 Å². The monoisotopic (exact) mass is 384 g/mol. The Hall–Kier alpha value is -0.910. The first-order valence-corrected chi connectivity index (χ1v) is 7.49. The first kappa shape index (κ1) is 14.5. The molecule has 2 N–H and O–H groups in total. The summed E-state index contributed by atoms with van der Waals surface area (Å²) in [5.74, 6) is 0.811. The minimum Gasteiger partial charge on any atom is -0.486 e. The SMILES string of the molecule is NCCc1ccc(OCc2ccc(Br)cn2)c(Br)c1. The van der Waals surface area contributed by atoms with Crippen molar-refractivity contribution in [2.24, 2.45) is 5.73 Å². The van der Waals surface area contributed by atoms with Crippen LogP contribution in [0.15, 0.2) is 45.5 Å². The molecule has 0 bridgehead atoms. The molecule has 0 aliphatic rings. The normalized spacial score (nSPS) is 10.5. The van der Waals surface area contributed by atoms with Gasteiger partial charge in [0, 0.05) is 10.7 Å². The molecule has 1 heterocycles. The Kier molecular flexibility index (Phi) is 5.36. The lowest BCUT2D eigenvalue weighted by atomic mass is 10.1. The van der Waals surface area contributed by atoms with E-state index in [1.807, 2.05) is 30.3 Å². The summed E-state index contributed by atoms with van der Waals surface area (Å²) in [6, 6.07) is 9.90. The third kappa shape index (κ3) is 4.30. The summed E-state index contributed by atoms with van der Waals surface area (Å²) in [6.07, 6.45) is 2.63. The van der Waals surface area contributed by atoms with Crippen LogP contribution >= 0.6 is 31.9 Å². The first-order valence-electron chi connectivity index (χ1n) is 5.91. The third-order valence-electron chi connectivity index (χ3n) is 2.59. The van der Waals surface area contributed by atoms with Gasteiger partial charge in [-0.25, -0.2) is 0 Å². The van der Waals surface area contributed by atoms with E-state index >= 15 is 0 Å². The zero-order valence-corrected chi connectivity index (χ0v) is 13.4. The van der Waals surface area contributed by atoms with Crippen molar-refractivity contribution >= 4 is 31.9 Å². The molecule has 0 atom stereocenters. The van der Waals surface area contributed by atoms with E-state index in [2.05, 4.69) is 36.8 Å². The van der Waals surface area contributed by atoms with Crippen molar-refractivity contribution < 1.29 is 4.74 Å². The lowest BCUT2D eigenvalue weighted by Crippen LogP contribution is -2.03. The lowest BCUT2D eigenvalue weighted by Gasteiger charge is -2.09. The van der Waals surface area contributed by atoms with Crippen molar-refractivity contribution in [1.82, 2.24) is 4.98 Å². The van der Waals surface area contributed by atoms with Crippen molar-refractivity contribution in [3.05, 3.63) is 56.7 Å². The maximum absolute atomic E-state index is 5.74. The fourth-order valence-electron chi connectivity index (χ4n) is 1.63. The van der Waals surface area contributed by atoms with E-state index < -0.39 is 0 Å². The maximum atomic E-state index is 5.74. The van der Waals surface area contributed by atoms with Crippen LogP contribution in [0.2, 0.25) is 0 Å². The van der Waals surface area contributed by atoms with E-state index in [9.17, 15) is 0 Å². The minimum atomic E-state index is 0.447. The van der Waals surface area contributed by atoms with E-state index in [-0.39, 0.29) is 0 Å². The van der Waals surface area contributed by atoms with Gasteiger partial charge in [-0.2, -0.15) is 0 Å². The van der Waals surface area contributed by atoms with Crippen LogP contribution in [0.3, 0.4) is 0 Å². The van der Waals surface area contributed by atoms with Gasteiger partial charge in [-0.15, -0.1) is 0 Å². The highest BCUT2D eigenvalue weighted by molar-refractivity contribution is 9.10. The summed E-state index contributed by atoms with van der Waals surface area (Å²) in [5.41, 5.74) is 7.62. The van der Waals surface area contributed by atoms with E-state index in [0.717, 1.165) is 26.8 Å². The summed E-state index contributed by atoms with van der Waals surface area (Å²) in [4.78, 5) is 4.27. The molecule has 0 aliphatic heterocycles. The Balaban J connectivity index is 2.01. The lowest BCUT2D eigenvalue weighted by molar-refractivity contribution is 0.299. The van der Waals surface area contributed by atoms with E-state index in [4.69, 9.17) is 10.5 Å². The molecule has 0 spiro atoms. The minimum absolute atomic E-state index is 0.447. The van der Waals surface area contributed by atoms with Gasteiger partial charge in [-0.05, 0) is 74.7 Å². The summed E-state index contributed by atoms with van der Waals surface area (Å²) < 4.78 is 7.64. The van der Waals surface area contributed by atoms with Gasteiger partial charge in [-0.1, -0.05) is 6.07 Å². The molecular weight excluding hydrogens is 372 g/mol. The topological polar surface area (TPSA) is 48.1 Å². The van der Waals surface area contributed by atoms with Crippen LogP contribution in [0.5, 0.6) is 5.75 Å². The van der Waals surface area contributed by atoms with Gasteiger partial charge < -0.3 is 10.5 Å². The Labute approximate surface area is 129 Å². The Morgan fingerprint density at radius 1 is 1.16 bits per heavy atom. The van der Waals surface area contributed by atoms with E-state index in [1.54, 1.807) is 6.20 Å². The predicted octanol–water partition coefficient (Wildman–Crippen LogP) is 3.69. The highest BCUT2D eigenvalue weighted by Gasteiger charge is 2.03. The number of halogens is 2. The van der Waals surface area contributed by atoms with Crippen LogP contribution in [-0.4, -0.2) is 11.5 Å². The molecule has 19 heavy (non-hydrogen) atoms. The molecule has 0 aliphatic carbocycles. The molecular formula is C14H14Br2N2O. The van der Waals surface area contributed by atoms with Gasteiger partial charge in [0.2, 0.25) is 0 Å². The second kappa shape index (κ2) is 7.03. The summed E-state index contributed by atoms with van der Waals surface area (Å²) >= 11 is 6.86. The summed E-state index contributed by atoms with van der Waals surface area (Å²) in [5, 5.41) is 0. The Morgan fingerprint density at radius 3 is 2.63 bits per heavy atom. The van der Waals surface area contributed by atoms with Crippen LogP contribution in [0, 0.1) is 0 Å². The Bertz CT molecular complexity index is 544. The molecule has 0 radical (unpaired) electrons. The molecule has 0 saturated heterocycles. The van der Waals surface area contributed by atoms with Gasteiger partial charge in [-0.3, -0.25) is 4.98 Å². The molecule has 1 aromatic carbocycles. The molecule has 2 rings (SSSR count). The van der Waals surface area contributed by atoms with E-state index in [1.165, 1.54) is 5.56 Å². The molecule has 0 saturated carbocycles. The quantitative estimate of drug-likeness (QED) is 0.853. The number of ether oxygens (including phenoxy) is 1. The second-order valence-corrected chi connectivity index (χ2v) is 5.83. The van der Waals surface area contributed by atoms with Gasteiger partial charge in [0.05, 0.1) is 10.2 Å². The molecule has 3 nitrogen and oxygen atoms in total. The molecule has 0 unspecified atom stereocenters. The van der Waals surface area contributed by atoms with Gasteiger partial charge >= 0.3 is 0 Å². The average Bonchev–Trinajstić information content (AvgIpc) is 2.40. The van der Waals surface area contributed by atoms with Gasteiger partial charge in [0.25, 0.3) is 0 Å². The number of pyridine rings is 1. The van der Waals surface area contributed by atoms with Crippen molar-refractivity contribution in [2.45, 2.75) is 13.0 Å². The largest absolute Gasteiger partial charge is 0.486 e. The highest BCUT2D eigenvalue weighted by Crippen LogP contribution is 2.26. The van der Waals surface area contributed by atoms with Crippen LogP contribution in [0.1, 0.15) is 11.3 Å². The zero-order valence-electron chi connectivity index (χ0n) is 10.3. The van der Waals surface area contributed by atoms with Crippen LogP contribution in [0.25, 0.3) is 0 Å². The predicted molar refractivity (Wildman–Crippen MR) is 83.2 cm³/mol. The van der Waals surface area contributed by atoms with Gasteiger partial charge in [0.15, 0.2) is 0 Å². The van der Waals surface area contributed by atoms with Crippen molar-refractivity contribution in [3.63, 3.8) is 0 Å². The molecule has 0 fully saturated rings. The Morgan fingerprint density at radius 2 is 2.00 bits per heavy atom. The second-order valence-electron chi connectivity index (χ2n) is 4.06.